The maximum Gasteiger partial charge on any atom is 0.335 e. The molecule has 0 spiro atoms. The molecule has 0 atom stereocenters. The molecule has 6 rings (SSSR count). The van der Waals surface area contributed by atoms with Crippen LogP contribution in [0.1, 0.15) is 40.5 Å². The molecule has 176 valence electrons. The molecule has 3 aromatic carbocycles. The third-order valence-electron chi connectivity index (χ3n) is 6.99. The van der Waals surface area contributed by atoms with Gasteiger partial charge in [-0.1, -0.05) is 12.1 Å². The monoisotopic (exact) mass is 469 g/mol. The maximum atomic E-state index is 13.9. The lowest BCUT2D eigenvalue weighted by Gasteiger charge is -2.26. The smallest absolute Gasteiger partial charge is 0.335 e. The molecule has 2 aromatic heterocycles. The number of carbonyl (C=O) groups is 1. The molecule has 35 heavy (non-hydrogen) atoms. The molecule has 0 aliphatic carbocycles. The van der Waals surface area contributed by atoms with Gasteiger partial charge in [-0.15, -0.1) is 0 Å². The number of nitrogens with one attached hydrogen (secondary N) is 1. The fraction of sp³-hybridized carbons (Fsp3) is 0.214. The van der Waals surface area contributed by atoms with Crippen LogP contribution < -0.4 is 0 Å². The molecular formula is C28H24FN3O3. The fourth-order valence-corrected chi connectivity index (χ4v) is 5.26. The lowest BCUT2D eigenvalue weighted by atomic mass is 9.89. The molecule has 0 saturated carbocycles. The second kappa shape index (κ2) is 8.36. The van der Waals surface area contributed by atoms with E-state index in [0.717, 1.165) is 62.8 Å². The molecule has 0 unspecified atom stereocenters. The van der Waals surface area contributed by atoms with Gasteiger partial charge in [0.15, 0.2) is 0 Å². The number of aryl methyl sites for hydroxylation is 1. The quantitative estimate of drug-likeness (QED) is 0.328. The summed E-state index contributed by atoms with van der Waals surface area (Å²) in [7, 11) is 0. The van der Waals surface area contributed by atoms with Crippen molar-refractivity contribution in [2.24, 2.45) is 0 Å². The number of aromatic nitrogens is 3. The first-order chi connectivity index (χ1) is 17.0. The van der Waals surface area contributed by atoms with Gasteiger partial charge in [0.2, 0.25) is 0 Å². The van der Waals surface area contributed by atoms with Gasteiger partial charge >= 0.3 is 5.97 Å². The maximum absolute atomic E-state index is 13.9. The van der Waals surface area contributed by atoms with Crippen molar-refractivity contribution >= 4 is 27.8 Å². The van der Waals surface area contributed by atoms with Gasteiger partial charge in [-0.05, 0) is 73.9 Å². The zero-order valence-electron chi connectivity index (χ0n) is 19.2. The first kappa shape index (κ1) is 21.6. The molecule has 3 heterocycles. The summed E-state index contributed by atoms with van der Waals surface area (Å²) in [5.41, 5.74) is 7.12. The van der Waals surface area contributed by atoms with Crippen LogP contribution in [0.15, 0.2) is 60.7 Å². The van der Waals surface area contributed by atoms with Crippen LogP contribution in [0.3, 0.4) is 0 Å². The SMILES string of the molecule is Cc1n[nH]c2cc3c(-c4ccc(C(=O)O)cc4)c(C4CCOCC4)n(-c4ccc(F)cc4)c3cc12. The van der Waals surface area contributed by atoms with E-state index < -0.39 is 5.97 Å². The van der Waals surface area contributed by atoms with Crippen LogP contribution in [-0.2, 0) is 4.74 Å². The van der Waals surface area contributed by atoms with Gasteiger partial charge in [0.05, 0.1) is 22.3 Å². The molecule has 1 saturated heterocycles. The molecule has 0 bridgehead atoms. The first-order valence-corrected chi connectivity index (χ1v) is 11.7. The fourth-order valence-electron chi connectivity index (χ4n) is 5.26. The Bertz CT molecular complexity index is 1560. The van der Waals surface area contributed by atoms with Crippen molar-refractivity contribution in [3.8, 4) is 16.8 Å². The predicted octanol–water partition coefficient (Wildman–Crippen LogP) is 6.21. The third-order valence-corrected chi connectivity index (χ3v) is 6.99. The van der Waals surface area contributed by atoms with Crippen LogP contribution in [-0.4, -0.2) is 39.1 Å². The minimum Gasteiger partial charge on any atom is -0.478 e. The Balaban J connectivity index is 1.72. The average Bonchev–Trinajstić information content (AvgIpc) is 3.41. The number of nitrogens with zero attached hydrogens (tertiary/aromatic N) is 2. The summed E-state index contributed by atoms with van der Waals surface area (Å²) in [5, 5.41) is 19.0. The largest absolute Gasteiger partial charge is 0.478 e. The number of fused-ring (bicyclic) bond motifs is 2. The van der Waals surface area contributed by atoms with Crippen LogP contribution >= 0.6 is 0 Å². The van der Waals surface area contributed by atoms with E-state index in [4.69, 9.17) is 4.74 Å². The number of hydrogen-bond donors (Lipinski definition) is 2. The van der Waals surface area contributed by atoms with E-state index in [0.29, 0.717) is 13.2 Å². The number of H-pyrrole nitrogens is 1. The molecule has 5 aromatic rings. The Kier molecular flexibility index (Phi) is 5.15. The molecule has 1 aliphatic rings. The number of halogens is 1. The normalized spacial score (nSPS) is 14.7. The Labute approximate surface area is 201 Å². The van der Waals surface area contributed by atoms with Crippen LogP contribution in [0, 0.1) is 12.7 Å². The standard InChI is InChI=1S/C28H24FN3O3/c1-16-22-15-25-23(14-24(22)31-30-16)26(17-2-4-19(5-3-17)28(33)34)27(18-10-12-35-13-11-18)32(25)21-8-6-20(29)7-9-21/h2-9,14-15,18H,10-13H2,1H3,(H,30,31)(H,33,34). The summed E-state index contributed by atoms with van der Waals surface area (Å²) in [6.07, 6.45) is 1.74. The van der Waals surface area contributed by atoms with Gasteiger partial charge in [-0.2, -0.15) is 5.10 Å². The zero-order chi connectivity index (χ0) is 24.1. The Hall–Kier alpha value is -3.97. The van der Waals surface area contributed by atoms with Gasteiger partial charge in [0, 0.05) is 46.8 Å². The highest BCUT2D eigenvalue weighted by molar-refractivity contribution is 6.06. The Morgan fingerprint density at radius 3 is 2.46 bits per heavy atom. The lowest BCUT2D eigenvalue weighted by molar-refractivity contribution is 0.0697. The number of benzene rings is 3. The number of carboxylic acids is 1. The van der Waals surface area contributed by atoms with E-state index in [1.54, 1.807) is 24.3 Å². The number of carboxylic acid groups (broad SMARTS) is 1. The molecule has 0 amide bonds. The van der Waals surface area contributed by atoms with Gasteiger partial charge in [-0.25, -0.2) is 9.18 Å². The molecule has 7 heteroatoms. The van der Waals surface area contributed by atoms with E-state index in [1.165, 1.54) is 12.1 Å². The molecule has 0 radical (unpaired) electrons. The topological polar surface area (TPSA) is 80.1 Å². The Morgan fingerprint density at radius 1 is 1.06 bits per heavy atom. The van der Waals surface area contributed by atoms with Crippen LogP contribution in [0.25, 0.3) is 38.6 Å². The Morgan fingerprint density at radius 2 is 1.77 bits per heavy atom. The number of aromatic amines is 1. The van der Waals surface area contributed by atoms with Crippen molar-refractivity contribution in [2.45, 2.75) is 25.7 Å². The molecule has 6 nitrogen and oxygen atoms in total. The molecule has 1 fully saturated rings. The van der Waals surface area contributed by atoms with Gasteiger partial charge in [0.25, 0.3) is 0 Å². The van der Waals surface area contributed by atoms with Gasteiger partial charge in [-0.3, -0.25) is 5.10 Å². The van der Waals surface area contributed by atoms with E-state index in [-0.39, 0.29) is 17.3 Å². The summed E-state index contributed by atoms with van der Waals surface area (Å²) >= 11 is 0. The summed E-state index contributed by atoms with van der Waals surface area (Å²) in [5.74, 6) is -1.01. The minimum absolute atomic E-state index is 0.230. The van der Waals surface area contributed by atoms with Crippen molar-refractivity contribution in [2.75, 3.05) is 13.2 Å². The van der Waals surface area contributed by atoms with E-state index in [2.05, 4.69) is 26.9 Å². The van der Waals surface area contributed by atoms with Crippen molar-refractivity contribution in [1.29, 1.82) is 0 Å². The van der Waals surface area contributed by atoms with Crippen molar-refractivity contribution in [3.05, 3.63) is 83.4 Å². The van der Waals surface area contributed by atoms with Crippen molar-refractivity contribution in [3.63, 3.8) is 0 Å². The zero-order valence-corrected chi connectivity index (χ0v) is 19.2. The summed E-state index contributed by atoms with van der Waals surface area (Å²) in [6.45, 7) is 3.33. The highest BCUT2D eigenvalue weighted by Gasteiger charge is 2.28. The molecular weight excluding hydrogens is 445 g/mol. The van der Waals surface area contributed by atoms with Crippen LogP contribution in [0.5, 0.6) is 0 Å². The highest BCUT2D eigenvalue weighted by atomic mass is 19.1. The molecule has 1 aliphatic heterocycles. The third kappa shape index (κ3) is 3.59. The number of aromatic carboxylic acids is 1. The highest BCUT2D eigenvalue weighted by Crippen LogP contribution is 2.44. The van der Waals surface area contributed by atoms with E-state index >= 15 is 0 Å². The number of hydrogen-bond acceptors (Lipinski definition) is 3. The summed E-state index contributed by atoms with van der Waals surface area (Å²) in [4.78, 5) is 11.5. The lowest BCUT2D eigenvalue weighted by Crippen LogP contribution is -2.17. The average molecular weight is 470 g/mol. The number of ether oxygens (including phenoxy) is 1. The first-order valence-electron chi connectivity index (χ1n) is 11.7. The second-order valence-corrected chi connectivity index (χ2v) is 9.07. The molecule has 2 N–H and O–H groups in total. The van der Waals surface area contributed by atoms with Crippen LogP contribution in [0.2, 0.25) is 0 Å². The van der Waals surface area contributed by atoms with E-state index in [1.807, 2.05) is 19.1 Å². The number of rotatable bonds is 4. The van der Waals surface area contributed by atoms with Crippen molar-refractivity contribution in [1.82, 2.24) is 14.8 Å². The van der Waals surface area contributed by atoms with Gasteiger partial charge in [0.1, 0.15) is 5.82 Å². The van der Waals surface area contributed by atoms with E-state index in [9.17, 15) is 14.3 Å². The van der Waals surface area contributed by atoms with Gasteiger partial charge < -0.3 is 14.4 Å². The van der Waals surface area contributed by atoms with Crippen molar-refractivity contribution < 1.29 is 19.0 Å². The minimum atomic E-state index is -0.954. The second-order valence-electron chi connectivity index (χ2n) is 9.07. The summed E-state index contributed by atoms with van der Waals surface area (Å²) in [6, 6.07) is 17.9. The summed E-state index contributed by atoms with van der Waals surface area (Å²) < 4.78 is 21.8. The van der Waals surface area contributed by atoms with Crippen LogP contribution in [0.4, 0.5) is 4.39 Å². The predicted molar refractivity (Wildman–Crippen MR) is 133 cm³/mol.